The van der Waals surface area contributed by atoms with E-state index in [1.54, 1.807) is 18.1 Å². The largest absolute Gasteiger partial charge is 0.352 e. The average molecular weight is 347 g/mol. The molecular weight excluding hydrogens is 322 g/mol. The molecule has 1 N–H and O–H groups in total. The third-order valence-corrected chi connectivity index (χ3v) is 5.62. The van der Waals surface area contributed by atoms with Crippen LogP contribution >= 0.6 is 0 Å². The number of hydrogen-bond donors (Lipinski definition) is 1. The Morgan fingerprint density at radius 2 is 1.92 bits per heavy atom. The lowest BCUT2D eigenvalue weighted by Gasteiger charge is -2.45. The van der Waals surface area contributed by atoms with Crippen molar-refractivity contribution in [3.05, 3.63) is 18.2 Å². The van der Waals surface area contributed by atoms with Crippen LogP contribution in [0.5, 0.6) is 0 Å². The third-order valence-electron chi connectivity index (χ3n) is 5.62. The highest BCUT2D eigenvalue weighted by molar-refractivity contribution is 5.81. The molecule has 3 aliphatic rings. The zero-order chi connectivity index (χ0) is 17.4. The summed E-state index contributed by atoms with van der Waals surface area (Å²) in [6, 6.07) is -0.0707. The van der Waals surface area contributed by atoms with Crippen molar-refractivity contribution in [1.82, 2.24) is 24.7 Å². The summed E-state index contributed by atoms with van der Waals surface area (Å²) in [6.07, 6.45) is 6.68. The fourth-order valence-corrected chi connectivity index (χ4v) is 4.24. The zero-order valence-electron chi connectivity index (χ0n) is 14.6. The second kappa shape index (κ2) is 6.33. The van der Waals surface area contributed by atoms with Crippen LogP contribution in [0.15, 0.2) is 12.4 Å². The molecule has 3 amide bonds. The van der Waals surface area contributed by atoms with E-state index in [2.05, 4.69) is 14.9 Å². The number of urea groups is 1. The first-order valence-electron chi connectivity index (χ1n) is 9.08. The molecule has 0 bridgehead atoms. The molecule has 8 heteroatoms. The molecule has 25 heavy (non-hydrogen) atoms. The minimum Gasteiger partial charge on any atom is -0.352 e. The van der Waals surface area contributed by atoms with Crippen LogP contribution in [0.2, 0.25) is 0 Å². The first kappa shape index (κ1) is 16.4. The topological polar surface area (TPSA) is 79.7 Å². The van der Waals surface area contributed by atoms with E-state index >= 15 is 0 Å². The Hall–Kier alpha value is -2.09. The van der Waals surface area contributed by atoms with Crippen molar-refractivity contribution in [3.63, 3.8) is 0 Å². The van der Waals surface area contributed by atoms with Gasteiger partial charge in [0.05, 0.1) is 6.54 Å². The Kier molecular flexibility index (Phi) is 4.15. The predicted octanol–water partition coefficient (Wildman–Crippen LogP) is 0.535. The van der Waals surface area contributed by atoms with Crippen molar-refractivity contribution < 1.29 is 14.3 Å². The molecule has 2 saturated heterocycles. The lowest BCUT2D eigenvalue weighted by molar-refractivity contribution is -0.179. The van der Waals surface area contributed by atoms with E-state index in [1.807, 2.05) is 11.1 Å². The van der Waals surface area contributed by atoms with Gasteiger partial charge in [-0.3, -0.25) is 4.79 Å². The van der Waals surface area contributed by atoms with Gasteiger partial charge < -0.3 is 24.4 Å². The minimum absolute atomic E-state index is 0.0707. The number of ether oxygens (including phenoxy) is 1. The van der Waals surface area contributed by atoms with Crippen molar-refractivity contribution in [1.29, 1.82) is 0 Å². The molecule has 1 spiro atoms. The Labute approximate surface area is 147 Å². The zero-order valence-corrected chi connectivity index (χ0v) is 14.6. The number of aromatic nitrogens is 2. The number of hydrogen-bond acceptors (Lipinski definition) is 4. The first-order valence-corrected chi connectivity index (χ1v) is 9.08. The van der Waals surface area contributed by atoms with E-state index in [4.69, 9.17) is 4.74 Å². The molecule has 0 aromatic carbocycles. The van der Waals surface area contributed by atoms with E-state index in [0.717, 1.165) is 31.8 Å². The Balaban J connectivity index is 1.55. The van der Waals surface area contributed by atoms with Gasteiger partial charge in [-0.2, -0.15) is 0 Å². The van der Waals surface area contributed by atoms with E-state index in [1.165, 1.54) is 0 Å². The monoisotopic (exact) mass is 347 g/mol. The maximum Gasteiger partial charge on any atom is 0.317 e. The molecule has 136 valence electrons. The maximum absolute atomic E-state index is 12.9. The van der Waals surface area contributed by atoms with Crippen molar-refractivity contribution in [2.24, 2.45) is 0 Å². The molecule has 1 atom stereocenters. The normalized spacial score (nSPS) is 25.1. The van der Waals surface area contributed by atoms with E-state index in [-0.39, 0.29) is 11.9 Å². The molecule has 4 rings (SSSR count). The first-order chi connectivity index (χ1) is 12.1. The fourth-order valence-electron chi connectivity index (χ4n) is 4.24. The Morgan fingerprint density at radius 1 is 1.20 bits per heavy atom. The van der Waals surface area contributed by atoms with Gasteiger partial charge in [0.2, 0.25) is 0 Å². The highest BCUT2D eigenvalue weighted by Crippen LogP contribution is 2.40. The summed E-state index contributed by atoms with van der Waals surface area (Å²) in [5.41, 5.74) is -0.577. The van der Waals surface area contributed by atoms with E-state index in [9.17, 15) is 9.59 Å². The summed E-state index contributed by atoms with van der Waals surface area (Å²) < 4.78 is 8.46. The van der Waals surface area contributed by atoms with Crippen LogP contribution < -0.4 is 5.32 Å². The third kappa shape index (κ3) is 2.78. The van der Waals surface area contributed by atoms with Gasteiger partial charge in [0.15, 0.2) is 6.10 Å². The van der Waals surface area contributed by atoms with E-state index < -0.39 is 11.7 Å². The van der Waals surface area contributed by atoms with Crippen LogP contribution in [0.4, 0.5) is 4.79 Å². The highest BCUT2D eigenvalue weighted by Gasteiger charge is 2.48. The fraction of sp³-hybridized carbons (Fsp3) is 0.706. The molecule has 0 saturated carbocycles. The second-order valence-corrected chi connectivity index (χ2v) is 7.08. The molecule has 1 aromatic rings. The van der Waals surface area contributed by atoms with Crippen molar-refractivity contribution in [2.45, 2.75) is 43.9 Å². The molecular formula is C17H25N5O3. The molecule has 0 aliphatic carbocycles. The van der Waals surface area contributed by atoms with Gasteiger partial charge in [0.25, 0.3) is 5.91 Å². The molecule has 1 aromatic heterocycles. The number of amides is 3. The van der Waals surface area contributed by atoms with E-state index in [0.29, 0.717) is 32.5 Å². The number of imidazole rings is 1. The Morgan fingerprint density at radius 3 is 2.60 bits per heavy atom. The van der Waals surface area contributed by atoms with Crippen LogP contribution in [0.25, 0.3) is 0 Å². The van der Waals surface area contributed by atoms with Crippen LogP contribution in [-0.2, 0) is 21.7 Å². The lowest BCUT2D eigenvalue weighted by Crippen LogP contribution is -2.55. The standard InChI is InChI=1S/C17H25N5O3/c1-18-16(24)21-9-4-17(5-10-21)15-19-6-11-22(15)12-13(25-17)14(23)20-7-2-3-8-20/h6,11,13H,2-5,7-10,12H2,1H3,(H,18,24). The lowest BCUT2D eigenvalue weighted by atomic mass is 9.88. The molecule has 0 radical (unpaired) electrons. The van der Waals surface area contributed by atoms with Crippen LogP contribution in [0.1, 0.15) is 31.5 Å². The van der Waals surface area contributed by atoms with Crippen LogP contribution in [0, 0.1) is 0 Å². The van der Waals surface area contributed by atoms with Crippen molar-refractivity contribution in [2.75, 3.05) is 33.2 Å². The SMILES string of the molecule is CNC(=O)N1CCC2(CC1)OC(C(=O)N1CCCC1)Cn1ccnc12. The summed E-state index contributed by atoms with van der Waals surface area (Å²) in [6.45, 7) is 3.36. The average Bonchev–Trinajstić information content (AvgIpc) is 3.33. The number of carbonyl (C=O) groups is 2. The number of nitrogens with zero attached hydrogens (tertiary/aromatic N) is 4. The molecule has 2 fully saturated rings. The molecule has 4 heterocycles. The van der Waals surface area contributed by atoms with Gasteiger partial charge in [-0.1, -0.05) is 0 Å². The number of likely N-dealkylation sites (tertiary alicyclic amines) is 2. The van der Waals surface area contributed by atoms with Gasteiger partial charge in [0.1, 0.15) is 11.4 Å². The maximum atomic E-state index is 12.9. The molecule has 8 nitrogen and oxygen atoms in total. The van der Waals surface area contributed by atoms with Gasteiger partial charge in [0, 0.05) is 58.5 Å². The van der Waals surface area contributed by atoms with Crippen molar-refractivity contribution in [3.8, 4) is 0 Å². The van der Waals surface area contributed by atoms with Crippen LogP contribution in [0.3, 0.4) is 0 Å². The number of piperidine rings is 1. The smallest absolute Gasteiger partial charge is 0.317 e. The summed E-state index contributed by atoms with van der Waals surface area (Å²) in [5.74, 6) is 0.972. The summed E-state index contributed by atoms with van der Waals surface area (Å²) in [4.78, 5) is 33.0. The van der Waals surface area contributed by atoms with Crippen LogP contribution in [-0.4, -0.2) is 70.6 Å². The predicted molar refractivity (Wildman–Crippen MR) is 89.9 cm³/mol. The Bertz CT molecular complexity index is 659. The summed E-state index contributed by atoms with van der Waals surface area (Å²) >= 11 is 0. The quantitative estimate of drug-likeness (QED) is 0.804. The number of rotatable bonds is 1. The van der Waals surface area contributed by atoms with Gasteiger partial charge in [-0.25, -0.2) is 9.78 Å². The van der Waals surface area contributed by atoms with Gasteiger partial charge in [-0.15, -0.1) is 0 Å². The van der Waals surface area contributed by atoms with Gasteiger partial charge in [-0.05, 0) is 12.8 Å². The summed E-state index contributed by atoms with van der Waals surface area (Å²) in [5, 5.41) is 2.67. The second-order valence-electron chi connectivity index (χ2n) is 7.08. The molecule has 3 aliphatic heterocycles. The van der Waals surface area contributed by atoms with Crippen molar-refractivity contribution >= 4 is 11.9 Å². The summed E-state index contributed by atoms with van der Waals surface area (Å²) in [7, 11) is 1.64. The molecule has 1 unspecified atom stereocenters. The number of fused-ring (bicyclic) bond motifs is 2. The number of carbonyl (C=O) groups excluding carboxylic acids is 2. The minimum atomic E-state index is -0.577. The van der Waals surface area contributed by atoms with Gasteiger partial charge >= 0.3 is 6.03 Å². The number of nitrogens with one attached hydrogen (secondary N) is 1. The highest BCUT2D eigenvalue weighted by atomic mass is 16.5.